The van der Waals surface area contributed by atoms with Crippen LogP contribution < -0.4 is 5.73 Å². The molecule has 0 aliphatic rings. The third-order valence-electron chi connectivity index (χ3n) is 3.66. The average molecular weight is 416 g/mol. The van der Waals surface area contributed by atoms with E-state index in [1.54, 1.807) is 36.4 Å². The quantitative estimate of drug-likeness (QED) is 0.301. The van der Waals surface area contributed by atoms with E-state index in [4.69, 9.17) is 5.73 Å². The summed E-state index contributed by atoms with van der Waals surface area (Å²) in [6.45, 7) is 0. The first-order chi connectivity index (χ1) is 13.4. The molecular formula is C20H14F2N2O2S2. The molecule has 0 spiro atoms. The van der Waals surface area contributed by atoms with E-state index in [2.05, 4.69) is 0 Å². The molecule has 0 aliphatic heterocycles. The Labute approximate surface area is 168 Å². The van der Waals surface area contributed by atoms with Crippen molar-refractivity contribution in [1.82, 2.24) is 0 Å². The molecule has 0 bridgehead atoms. The summed E-state index contributed by atoms with van der Waals surface area (Å²) in [5.41, 5.74) is 7.34. The van der Waals surface area contributed by atoms with Crippen LogP contribution in [0.15, 0.2) is 86.8 Å². The minimum Gasteiger partial charge on any atom is -0.397 e. The van der Waals surface area contributed by atoms with Crippen molar-refractivity contribution in [2.45, 2.75) is 9.79 Å². The van der Waals surface area contributed by atoms with Crippen molar-refractivity contribution in [1.29, 1.82) is 0 Å². The Kier molecular flexibility index (Phi) is 6.33. The molecule has 2 N–H and O–H groups in total. The first-order valence-electron chi connectivity index (χ1n) is 8.04. The Morgan fingerprint density at radius 1 is 0.786 bits per heavy atom. The van der Waals surface area contributed by atoms with Crippen LogP contribution in [-0.4, -0.2) is 4.92 Å². The lowest BCUT2D eigenvalue weighted by atomic mass is 10.2. The minimum atomic E-state index is -0.481. The summed E-state index contributed by atoms with van der Waals surface area (Å²) >= 11 is 2.67. The summed E-state index contributed by atoms with van der Waals surface area (Å²) < 4.78 is 27.1. The van der Waals surface area contributed by atoms with Crippen LogP contribution in [0, 0.1) is 21.7 Å². The van der Waals surface area contributed by atoms with Gasteiger partial charge in [0.05, 0.1) is 14.9 Å². The van der Waals surface area contributed by atoms with Crippen molar-refractivity contribution in [3.05, 3.63) is 104 Å². The summed E-state index contributed by atoms with van der Waals surface area (Å²) in [5, 5.41) is 10.8. The fourth-order valence-corrected chi connectivity index (χ4v) is 4.40. The summed E-state index contributed by atoms with van der Waals surface area (Å²) in [5.74, 6) is -0.686. The van der Waals surface area contributed by atoms with Gasteiger partial charge in [-0.1, -0.05) is 23.5 Å². The molecule has 0 aliphatic carbocycles. The minimum absolute atomic E-state index is 0.0320. The van der Waals surface area contributed by atoms with Crippen molar-refractivity contribution in [2.75, 3.05) is 0 Å². The van der Waals surface area contributed by atoms with Gasteiger partial charge < -0.3 is 5.73 Å². The van der Waals surface area contributed by atoms with Gasteiger partial charge in [0.1, 0.15) is 11.6 Å². The van der Waals surface area contributed by atoms with Gasteiger partial charge in [-0.2, -0.15) is 0 Å². The van der Waals surface area contributed by atoms with Gasteiger partial charge in [0.15, 0.2) is 0 Å². The van der Waals surface area contributed by atoms with Crippen LogP contribution in [0.3, 0.4) is 0 Å². The lowest BCUT2D eigenvalue weighted by Crippen LogP contribution is -1.99. The molecule has 0 saturated carbocycles. The molecule has 0 amide bonds. The van der Waals surface area contributed by atoms with Crippen molar-refractivity contribution < 1.29 is 13.7 Å². The van der Waals surface area contributed by atoms with E-state index in [1.165, 1.54) is 59.9 Å². The highest BCUT2D eigenvalue weighted by molar-refractivity contribution is 8.22. The number of nitro groups is 1. The van der Waals surface area contributed by atoms with Crippen molar-refractivity contribution in [3.8, 4) is 0 Å². The molecule has 3 aromatic rings. The van der Waals surface area contributed by atoms with Crippen LogP contribution in [0.2, 0.25) is 0 Å². The number of nitrogens with zero attached hydrogens (tertiary/aromatic N) is 1. The fraction of sp³-hybridized carbons (Fsp3) is 0. The van der Waals surface area contributed by atoms with Gasteiger partial charge in [0, 0.05) is 21.9 Å². The topological polar surface area (TPSA) is 69.2 Å². The van der Waals surface area contributed by atoms with E-state index in [-0.39, 0.29) is 17.3 Å². The molecule has 0 atom stereocenters. The Morgan fingerprint density at radius 3 is 1.61 bits per heavy atom. The number of benzene rings is 3. The Morgan fingerprint density at radius 2 is 1.21 bits per heavy atom. The second-order valence-corrected chi connectivity index (χ2v) is 8.04. The number of non-ortho nitro benzene ring substituents is 1. The number of nitrogens with two attached hydrogens (primary N) is 1. The Bertz CT molecular complexity index is 956. The number of rotatable bonds is 6. The van der Waals surface area contributed by atoms with E-state index in [9.17, 15) is 18.9 Å². The van der Waals surface area contributed by atoms with Crippen LogP contribution in [0.25, 0.3) is 5.70 Å². The highest BCUT2D eigenvalue weighted by Crippen LogP contribution is 2.42. The Hall–Kier alpha value is -2.84. The zero-order valence-corrected chi connectivity index (χ0v) is 16.0. The molecule has 3 rings (SSSR count). The van der Waals surface area contributed by atoms with Crippen LogP contribution in [0.5, 0.6) is 0 Å². The highest BCUT2D eigenvalue weighted by Gasteiger charge is 2.13. The van der Waals surface area contributed by atoms with E-state index >= 15 is 0 Å². The van der Waals surface area contributed by atoms with Crippen molar-refractivity contribution in [2.24, 2.45) is 5.73 Å². The maximum atomic E-state index is 13.2. The SMILES string of the molecule is NC(=C(Sc1ccc(F)cc1)Sc1ccc(F)cc1)c1ccc([N+](=O)[O-])cc1. The maximum Gasteiger partial charge on any atom is 0.269 e. The number of hydrogen-bond acceptors (Lipinski definition) is 5. The van der Waals surface area contributed by atoms with Gasteiger partial charge in [-0.15, -0.1) is 0 Å². The number of nitro benzene ring substituents is 1. The molecule has 28 heavy (non-hydrogen) atoms. The molecule has 142 valence electrons. The van der Waals surface area contributed by atoms with Gasteiger partial charge in [-0.05, 0) is 66.2 Å². The van der Waals surface area contributed by atoms with Gasteiger partial charge in [-0.25, -0.2) is 8.78 Å². The molecule has 3 aromatic carbocycles. The molecule has 0 radical (unpaired) electrons. The first kappa shape index (κ1) is 19.9. The number of thioether (sulfide) groups is 2. The third kappa shape index (κ3) is 5.11. The molecule has 0 fully saturated rings. The first-order valence-corrected chi connectivity index (χ1v) is 9.67. The number of halogens is 2. The van der Waals surface area contributed by atoms with Crippen LogP contribution >= 0.6 is 23.5 Å². The number of hydrogen-bond donors (Lipinski definition) is 1. The molecule has 0 aromatic heterocycles. The monoisotopic (exact) mass is 416 g/mol. The second-order valence-electron chi connectivity index (χ2n) is 5.62. The van der Waals surface area contributed by atoms with Gasteiger partial charge in [0.25, 0.3) is 5.69 Å². The fourth-order valence-electron chi connectivity index (χ4n) is 2.23. The summed E-state index contributed by atoms with van der Waals surface area (Å²) in [4.78, 5) is 11.9. The smallest absolute Gasteiger partial charge is 0.269 e. The van der Waals surface area contributed by atoms with Gasteiger partial charge in [-0.3, -0.25) is 10.1 Å². The van der Waals surface area contributed by atoms with Crippen molar-refractivity contribution >= 4 is 34.9 Å². The summed E-state index contributed by atoms with van der Waals surface area (Å²) in [6, 6.07) is 17.8. The molecule has 0 unspecified atom stereocenters. The molecular weight excluding hydrogens is 402 g/mol. The summed E-state index contributed by atoms with van der Waals surface area (Å²) in [6.07, 6.45) is 0. The van der Waals surface area contributed by atoms with Crippen LogP contribution in [-0.2, 0) is 0 Å². The summed E-state index contributed by atoms with van der Waals surface area (Å²) in [7, 11) is 0. The molecule has 8 heteroatoms. The van der Waals surface area contributed by atoms with Gasteiger partial charge in [0.2, 0.25) is 0 Å². The average Bonchev–Trinajstić information content (AvgIpc) is 2.70. The normalized spacial score (nSPS) is 10.5. The van der Waals surface area contributed by atoms with Crippen LogP contribution in [0.1, 0.15) is 5.56 Å². The van der Waals surface area contributed by atoms with E-state index in [1.807, 2.05) is 0 Å². The van der Waals surface area contributed by atoms with E-state index in [0.717, 1.165) is 9.79 Å². The molecule has 0 heterocycles. The van der Waals surface area contributed by atoms with Crippen LogP contribution in [0.4, 0.5) is 14.5 Å². The standard InChI is InChI=1S/C20H14F2N2O2S2/c21-14-3-9-17(10-4-14)27-20(28-18-11-5-15(22)6-12-18)19(23)13-1-7-16(8-2-13)24(25)26/h1-12H,23H2. The largest absolute Gasteiger partial charge is 0.397 e. The second kappa shape index (κ2) is 8.90. The lowest BCUT2D eigenvalue weighted by Gasteiger charge is -2.12. The zero-order valence-electron chi connectivity index (χ0n) is 14.3. The van der Waals surface area contributed by atoms with E-state index < -0.39 is 4.92 Å². The maximum absolute atomic E-state index is 13.2. The molecule has 0 saturated heterocycles. The lowest BCUT2D eigenvalue weighted by molar-refractivity contribution is -0.384. The third-order valence-corrected chi connectivity index (χ3v) is 5.98. The Balaban J connectivity index is 1.97. The zero-order chi connectivity index (χ0) is 20.1. The highest BCUT2D eigenvalue weighted by atomic mass is 32.2. The van der Waals surface area contributed by atoms with E-state index in [0.29, 0.717) is 15.5 Å². The predicted octanol–water partition coefficient (Wildman–Crippen LogP) is 6.04. The molecule has 4 nitrogen and oxygen atoms in total. The van der Waals surface area contributed by atoms with Crippen molar-refractivity contribution in [3.63, 3.8) is 0 Å². The van der Waals surface area contributed by atoms with Gasteiger partial charge >= 0.3 is 0 Å². The predicted molar refractivity (Wildman–Crippen MR) is 109 cm³/mol.